The van der Waals surface area contributed by atoms with Gasteiger partial charge in [-0.3, -0.25) is 0 Å². The fourth-order valence-electron chi connectivity index (χ4n) is 0.720. The van der Waals surface area contributed by atoms with Crippen molar-refractivity contribution in [2.45, 2.75) is 41.0 Å². The molecule has 0 N–H and O–H groups in total. The third-order valence-corrected chi connectivity index (χ3v) is 1.75. The Balaban J connectivity index is 0. The van der Waals surface area contributed by atoms with Crippen LogP contribution in [0.4, 0.5) is 0 Å². The van der Waals surface area contributed by atoms with Crippen LogP contribution in [0.2, 0.25) is 0 Å². The van der Waals surface area contributed by atoms with Crippen LogP contribution in [0.5, 0.6) is 0 Å². The molecule has 0 saturated heterocycles. The first-order chi connectivity index (χ1) is 5.22. The van der Waals surface area contributed by atoms with E-state index < -0.39 is 0 Å². The summed E-state index contributed by atoms with van der Waals surface area (Å²) in [6, 6.07) is 0. The highest BCUT2D eigenvalue weighted by atomic mass is 14.0. The molecule has 0 radical (unpaired) electrons. The van der Waals surface area contributed by atoms with Crippen molar-refractivity contribution >= 4 is 0 Å². The van der Waals surface area contributed by atoms with Crippen molar-refractivity contribution < 1.29 is 0 Å². The molecule has 0 aromatic rings. The molecule has 0 nitrogen and oxygen atoms in total. The highest BCUT2D eigenvalue weighted by Crippen LogP contribution is 2.12. The van der Waals surface area contributed by atoms with Gasteiger partial charge in [-0.25, -0.2) is 0 Å². The van der Waals surface area contributed by atoms with E-state index >= 15 is 0 Å². The smallest absolute Gasteiger partial charge is 0.0200 e. The highest BCUT2D eigenvalue weighted by molar-refractivity contribution is 5.01. The molecule has 0 fully saturated rings. The van der Waals surface area contributed by atoms with Gasteiger partial charge in [0.15, 0.2) is 0 Å². The minimum absolute atomic E-state index is 0.674. The lowest BCUT2D eigenvalue weighted by Crippen LogP contribution is -1.92. The van der Waals surface area contributed by atoms with E-state index in [0.29, 0.717) is 5.92 Å². The van der Waals surface area contributed by atoms with Crippen molar-refractivity contribution in [1.82, 2.24) is 0 Å². The summed E-state index contributed by atoms with van der Waals surface area (Å²) < 4.78 is 0. The molecule has 0 saturated carbocycles. The van der Waals surface area contributed by atoms with E-state index in [1.54, 1.807) is 0 Å². The van der Waals surface area contributed by atoms with E-state index in [-0.39, 0.29) is 0 Å². The zero-order chi connectivity index (χ0) is 9.28. The monoisotopic (exact) mass is 154 g/mol. The lowest BCUT2D eigenvalue weighted by Gasteiger charge is -2.07. The van der Waals surface area contributed by atoms with Gasteiger partial charge in [-0.2, -0.15) is 0 Å². The molecule has 66 valence electrons. The average molecular weight is 154 g/mol. The maximum atomic E-state index is 3.69. The van der Waals surface area contributed by atoms with E-state index in [1.165, 1.54) is 5.57 Å². The molecule has 0 aliphatic heterocycles. The van der Waals surface area contributed by atoms with Crippen molar-refractivity contribution in [2.24, 2.45) is 5.92 Å². The van der Waals surface area contributed by atoms with Gasteiger partial charge in [-0.1, -0.05) is 38.5 Å². The minimum atomic E-state index is 0.674. The van der Waals surface area contributed by atoms with Crippen molar-refractivity contribution in [3.8, 4) is 0 Å². The van der Waals surface area contributed by atoms with Crippen LogP contribution in [-0.2, 0) is 0 Å². The van der Waals surface area contributed by atoms with Gasteiger partial charge < -0.3 is 0 Å². The molecule has 0 rings (SSSR count). The van der Waals surface area contributed by atoms with E-state index in [0.717, 1.165) is 6.42 Å². The summed E-state index contributed by atoms with van der Waals surface area (Å²) in [7, 11) is 0. The van der Waals surface area contributed by atoms with Crippen molar-refractivity contribution in [2.75, 3.05) is 0 Å². The summed E-state index contributed by atoms with van der Waals surface area (Å²) in [6.45, 7) is 14.1. The molecular formula is C11H22. The number of hydrogen-bond donors (Lipinski definition) is 0. The third kappa shape index (κ3) is 7.38. The van der Waals surface area contributed by atoms with Gasteiger partial charge in [0, 0.05) is 0 Å². The number of hydrogen-bond acceptors (Lipinski definition) is 0. The average Bonchev–Trinajstić information content (AvgIpc) is 2.07. The zero-order valence-corrected chi connectivity index (χ0v) is 8.65. The third-order valence-electron chi connectivity index (χ3n) is 1.75. The maximum absolute atomic E-state index is 3.69. The molecule has 0 aliphatic rings. The molecular weight excluding hydrogens is 132 g/mol. The highest BCUT2D eigenvalue weighted by Gasteiger charge is 1.98. The van der Waals surface area contributed by atoms with Gasteiger partial charge in [0.05, 0.1) is 0 Å². The summed E-state index contributed by atoms with van der Waals surface area (Å²) in [6.07, 6.45) is 5.22. The lowest BCUT2D eigenvalue weighted by molar-refractivity contribution is 0.694. The fraction of sp³-hybridized carbons (Fsp3) is 0.636. The molecule has 0 bridgehead atoms. The second kappa shape index (κ2) is 9.48. The van der Waals surface area contributed by atoms with Crippen molar-refractivity contribution in [3.63, 3.8) is 0 Å². The van der Waals surface area contributed by atoms with Gasteiger partial charge in [0.25, 0.3) is 0 Å². The van der Waals surface area contributed by atoms with E-state index in [9.17, 15) is 0 Å². The van der Waals surface area contributed by atoms with E-state index in [1.807, 2.05) is 19.9 Å². The topological polar surface area (TPSA) is 0 Å². The Hall–Kier alpha value is -0.520. The van der Waals surface area contributed by atoms with Crippen LogP contribution < -0.4 is 0 Å². The molecule has 1 unspecified atom stereocenters. The molecule has 0 amide bonds. The standard InChI is InChI=1S/C9H16.C2H6/c1-5-7-9(4)8(3)6-2;1-2/h5-6,9H,1,7H2,2-4H3;1-2H3/b8-6+;. The summed E-state index contributed by atoms with van der Waals surface area (Å²) in [5.41, 5.74) is 1.45. The van der Waals surface area contributed by atoms with E-state index in [2.05, 4.69) is 33.4 Å². The summed E-state index contributed by atoms with van der Waals surface area (Å²) in [5.74, 6) is 0.674. The van der Waals surface area contributed by atoms with Crippen LogP contribution in [0.15, 0.2) is 24.3 Å². The van der Waals surface area contributed by atoms with Crippen LogP contribution in [0, 0.1) is 5.92 Å². The Morgan fingerprint density at radius 1 is 1.45 bits per heavy atom. The summed E-state index contributed by atoms with van der Waals surface area (Å²) in [5, 5.41) is 0. The SMILES string of the molecule is C=CCC(C)/C(C)=C/C.CC. The Morgan fingerprint density at radius 3 is 2.18 bits per heavy atom. The zero-order valence-electron chi connectivity index (χ0n) is 8.65. The quantitative estimate of drug-likeness (QED) is 0.535. The van der Waals surface area contributed by atoms with Crippen LogP contribution >= 0.6 is 0 Å². The molecule has 11 heavy (non-hydrogen) atoms. The largest absolute Gasteiger partial charge is 0.103 e. The number of rotatable bonds is 3. The predicted octanol–water partition coefficient (Wildman–Crippen LogP) is 4.19. The Morgan fingerprint density at radius 2 is 1.91 bits per heavy atom. The molecule has 0 aliphatic carbocycles. The second-order valence-electron chi connectivity index (χ2n) is 2.46. The van der Waals surface area contributed by atoms with Crippen molar-refractivity contribution in [3.05, 3.63) is 24.3 Å². The molecule has 0 heterocycles. The lowest BCUT2D eigenvalue weighted by atomic mass is 9.99. The minimum Gasteiger partial charge on any atom is -0.103 e. The van der Waals surface area contributed by atoms with Gasteiger partial charge in [0.2, 0.25) is 0 Å². The van der Waals surface area contributed by atoms with Crippen LogP contribution in [-0.4, -0.2) is 0 Å². The van der Waals surface area contributed by atoms with Gasteiger partial charge in [-0.05, 0) is 26.2 Å². The van der Waals surface area contributed by atoms with Crippen LogP contribution in [0.3, 0.4) is 0 Å². The molecule has 0 spiro atoms. The summed E-state index contributed by atoms with van der Waals surface area (Å²) in [4.78, 5) is 0. The predicted molar refractivity (Wildman–Crippen MR) is 54.8 cm³/mol. The molecule has 0 heteroatoms. The molecule has 0 aromatic heterocycles. The first-order valence-electron chi connectivity index (χ1n) is 4.46. The maximum Gasteiger partial charge on any atom is -0.0200 e. The number of allylic oxidation sites excluding steroid dienone is 3. The fourth-order valence-corrected chi connectivity index (χ4v) is 0.720. The van der Waals surface area contributed by atoms with Gasteiger partial charge >= 0.3 is 0 Å². The van der Waals surface area contributed by atoms with Crippen molar-refractivity contribution in [1.29, 1.82) is 0 Å². The Bertz CT molecular complexity index is 109. The summed E-state index contributed by atoms with van der Waals surface area (Å²) >= 11 is 0. The van der Waals surface area contributed by atoms with E-state index in [4.69, 9.17) is 0 Å². The normalized spacial score (nSPS) is 13.0. The molecule has 0 aromatic carbocycles. The second-order valence-corrected chi connectivity index (χ2v) is 2.46. The first-order valence-corrected chi connectivity index (χ1v) is 4.46. The van der Waals surface area contributed by atoms with Gasteiger partial charge in [-0.15, -0.1) is 6.58 Å². The Labute approximate surface area is 72.0 Å². The Kier molecular flexibility index (Phi) is 11.3. The van der Waals surface area contributed by atoms with Crippen LogP contribution in [0.1, 0.15) is 41.0 Å². The van der Waals surface area contributed by atoms with Gasteiger partial charge in [0.1, 0.15) is 0 Å². The molecule has 1 atom stereocenters. The first kappa shape index (κ1) is 13.1. The van der Waals surface area contributed by atoms with Crippen LogP contribution in [0.25, 0.3) is 0 Å².